The Kier molecular flexibility index (Phi) is 6.36. The summed E-state index contributed by atoms with van der Waals surface area (Å²) in [5.74, 6) is -1.00. The van der Waals surface area contributed by atoms with Crippen LogP contribution < -0.4 is 5.32 Å². The number of amides is 1. The third kappa shape index (κ3) is 4.49. The molecular weight excluding hydrogens is 372 g/mol. The van der Waals surface area contributed by atoms with Crippen molar-refractivity contribution in [2.75, 3.05) is 19.0 Å². The molecule has 0 radical (unpaired) electrons. The average Bonchev–Trinajstić information content (AvgIpc) is 3.13. The largest absolute Gasteiger partial charge is 0.462 e. The molecule has 0 saturated carbocycles. The molecule has 3 aromatic rings. The van der Waals surface area contributed by atoms with E-state index in [0.717, 1.165) is 11.3 Å². The Morgan fingerprint density at radius 3 is 2.66 bits per heavy atom. The normalized spacial score (nSPS) is 10.6. The van der Waals surface area contributed by atoms with Crippen LogP contribution in [-0.4, -0.2) is 40.6 Å². The summed E-state index contributed by atoms with van der Waals surface area (Å²) in [4.78, 5) is 25.1. The van der Waals surface area contributed by atoms with Gasteiger partial charge in [-0.2, -0.15) is 0 Å². The summed E-state index contributed by atoms with van der Waals surface area (Å²) >= 11 is 0. The predicted molar refractivity (Wildman–Crippen MR) is 107 cm³/mol. The molecule has 0 atom stereocenters. The third-order valence-electron chi connectivity index (χ3n) is 4.18. The van der Waals surface area contributed by atoms with Crippen LogP contribution in [0.5, 0.6) is 0 Å². The molecular formula is C21H22N4O4. The molecule has 2 aromatic carbocycles. The number of aromatic nitrogens is 3. The second-order valence-electron chi connectivity index (χ2n) is 6.29. The quantitative estimate of drug-likeness (QED) is 0.619. The molecule has 0 bridgehead atoms. The van der Waals surface area contributed by atoms with Gasteiger partial charge in [0.2, 0.25) is 0 Å². The van der Waals surface area contributed by atoms with Gasteiger partial charge in [0, 0.05) is 7.11 Å². The minimum absolute atomic E-state index is 0.118. The Hall–Kier alpha value is -3.52. The van der Waals surface area contributed by atoms with E-state index in [0.29, 0.717) is 11.4 Å². The number of hydrogen-bond acceptors (Lipinski definition) is 6. The van der Waals surface area contributed by atoms with Gasteiger partial charge in [-0.1, -0.05) is 29.5 Å². The number of carbonyl (C=O) groups is 2. The highest BCUT2D eigenvalue weighted by atomic mass is 16.5. The summed E-state index contributed by atoms with van der Waals surface area (Å²) in [7, 11) is 1.53. The number of para-hydroxylation sites is 1. The highest BCUT2D eigenvalue weighted by Crippen LogP contribution is 2.20. The zero-order valence-electron chi connectivity index (χ0n) is 16.5. The maximum atomic E-state index is 12.9. The van der Waals surface area contributed by atoms with Gasteiger partial charge in [-0.05, 0) is 43.7 Å². The second-order valence-corrected chi connectivity index (χ2v) is 6.29. The number of benzene rings is 2. The number of methoxy groups -OCH3 is 1. The molecule has 0 fully saturated rings. The summed E-state index contributed by atoms with van der Waals surface area (Å²) in [5.41, 5.74) is 3.05. The first-order valence-electron chi connectivity index (χ1n) is 9.13. The van der Waals surface area contributed by atoms with Crippen molar-refractivity contribution in [1.82, 2.24) is 15.0 Å². The fourth-order valence-electron chi connectivity index (χ4n) is 2.87. The minimum atomic E-state index is -0.510. The van der Waals surface area contributed by atoms with Gasteiger partial charge in [0.15, 0.2) is 5.69 Å². The van der Waals surface area contributed by atoms with Crippen LogP contribution >= 0.6 is 0 Å². The van der Waals surface area contributed by atoms with Crippen molar-refractivity contribution in [3.63, 3.8) is 0 Å². The zero-order valence-corrected chi connectivity index (χ0v) is 16.5. The Balaban J connectivity index is 1.94. The van der Waals surface area contributed by atoms with E-state index in [9.17, 15) is 9.59 Å². The van der Waals surface area contributed by atoms with Gasteiger partial charge in [0.05, 0.1) is 30.2 Å². The van der Waals surface area contributed by atoms with E-state index in [1.54, 1.807) is 35.9 Å². The molecule has 0 aliphatic rings. The first-order valence-corrected chi connectivity index (χ1v) is 9.13. The number of anilines is 1. The van der Waals surface area contributed by atoms with E-state index in [2.05, 4.69) is 15.6 Å². The van der Waals surface area contributed by atoms with E-state index >= 15 is 0 Å². The molecule has 1 heterocycles. The molecule has 1 amide bonds. The number of aryl methyl sites for hydroxylation is 1. The number of nitrogens with zero attached hydrogens (tertiary/aromatic N) is 3. The fraction of sp³-hybridized carbons (Fsp3) is 0.238. The van der Waals surface area contributed by atoms with Crippen LogP contribution in [0.15, 0.2) is 48.5 Å². The van der Waals surface area contributed by atoms with Gasteiger partial charge in [-0.25, -0.2) is 9.48 Å². The number of hydrogen-bond donors (Lipinski definition) is 1. The van der Waals surface area contributed by atoms with Gasteiger partial charge < -0.3 is 14.8 Å². The number of nitrogens with one attached hydrogen (secondary N) is 1. The van der Waals surface area contributed by atoms with Gasteiger partial charge in [0.25, 0.3) is 5.91 Å². The highest BCUT2D eigenvalue weighted by molar-refractivity contribution is 6.07. The van der Waals surface area contributed by atoms with E-state index in [-0.39, 0.29) is 24.5 Å². The Morgan fingerprint density at radius 2 is 1.93 bits per heavy atom. The molecule has 1 aromatic heterocycles. The van der Waals surface area contributed by atoms with Gasteiger partial charge in [-0.3, -0.25) is 4.79 Å². The standard InChI is InChI=1S/C21H22N4O4/c1-4-29-21(27)16-10-5-6-11-17(16)22-20(26)19-18(13-28-3)25(24-23-19)15-9-7-8-14(2)12-15/h5-12H,4,13H2,1-3H3,(H,22,26). The lowest BCUT2D eigenvalue weighted by Gasteiger charge is -2.11. The molecule has 8 heteroatoms. The first-order chi connectivity index (χ1) is 14.0. The monoisotopic (exact) mass is 394 g/mol. The summed E-state index contributed by atoms with van der Waals surface area (Å²) in [5, 5.41) is 10.9. The van der Waals surface area contributed by atoms with Crippen LogP contribution in [0.3, 0.4) is 0 Å². The lowest BCUT2D eigenvalue weighted by atomic mass is 10.1. The molecule has 0 aliphatic carbocycles. The molecule has 3 rings (SSSR count). The number of ether oxygens (including phenoxy) is 2. The molecule has 0 unspecified atom stereocenters. The van der Waals surface area contributed by atoms with Gasteiger partial charge >= 0.3 is 5.97 Å². The van der Waals surface area contributed by atoms with Crippen LogP contribution in [0.1, 0.15) is 39.0 Å². The van der Waals surface area contributed by atoms with E-state index < -0.39 is 11.9 Å². The molecule has 0 saturated heterocycles. The average molecular weight is 394 g/mol. The van der Waals surface area contributed by atoms with Crippen molar-refractivity contribution >= 4 is 17.6 Å². The summed E-state index contributed by atoms with van der Waals surface area (Å²) < 4.78 is 11.9. The van der Waals surface area contributed by atoms with Crippen molar-refractivity contribution in [3.8, 4) is 5.69 Å². The van der Waals surface area contributed by atoms with Crippen LogP contribution in [0.4, 0.5) is 5.69 Å². The van der Waals surface area contributed by atoms with E-state index in [1.165, 1.54) is 7.11 Å². The van der Waals surface area contributed by atoms with Crippen molar-refractivity contribution in [3.05, 3.63) is 71.0 Å². The summed E-state index contributed by atoms with van der Waals surface area (Å²) in [6, 6.07) is 14.3. The molecule has 0 spiro atoms. The number of rotatable bonds is 7. The van der Waals surface area contributed by atoms with Crippen LogP contribution in [0.25, 0.3) is 5.69 Å². The highest BCUT2D eigenvalue weighted by Gasteiger charge is 2.22. The van der Waals surface area contributed by atoms with Crippen molar-refractivity contribution in [1.29, 1.82) is 0 Å². The van der Waals surface area contributed by atoms with Gasteiger partial charge in [0.1, 0.15) is 5.69 Å². The van der Waals surface area contributed by atoms with Crippen molar-refractivity contribution in [2.24, 2.45) is 0 Å². The molecule has 29 heavy (non-hydrogen) atoms. The smallest absolute Gasteiger partial charge is 0.340 e. The Morgan fingerprint density at radius 1 is 1.14 bits per heavy atom. The Labute approximate surface area is 168 Å². The lowest BCUT2D eigenvalue weighted by molar-refractivity contribution is 0.0527. The maximum absolute atomic E-state index is 12.9. The van der Waals surface area contributed by atoms with E-state index in [1.807, 2.05) is 31.2 Å². The summed E-state index contributed by atoms with van der Waals surface area (Å²) in [6.07, 6.45) is 0. The van der Waals surface area contributed by atoms with Gasteiger partial charge in [-0.15, -0.1) is 5.10 Å². The molecule has 0 aliphatic heterocycles. The maximum Gasteiger partial charge on any atom is 0.340 e. The molecule has 1 N–H and O–H groups in total. The minimum Gasteiger partial charge on any atom is -0.462 e. The third-order valence-corrected chi connectivity index (χ3v) is 4.18. The molecule has 150 valence electrons. The predicted octanol–water partition coefficient (Wildman–Crippen LogP) is 3.15. The van der Waals surface area contributed by atoms with E-state index in [4.69, 9.17) is 9.47 Å². The van der Waals surface area contributed by atoms with Crippen LogP contribution in [0.2, 0.25) is 0 Å². The topological polar surface area (TPSA) is 95.3 Å². The van der Waals surface area contributed by atoms with Crippen molar-refractivity contribution < 1.29 is 19.1 Å². The SMILES string of the molecule is CCOC(=O)c1ccccc1NC(=O)c1nnn(-c2cccc(C)c2)c1COC. The first kappa shape index (κ1) is 20.2. The number of carbonyl (C=O) groups excluding carboxylic acids is 2. The zero-order chi connectivity index (χ0) is 20.8. The van der Waals surface area contributed by atoms with Crippen molar-refractivity contribution in [2.45, 2.75) is 20.5 Å². The van der Waals surface area contributed by atoms with Crippen LogP contribution in [0, 0.1) is 6.92 Å². The Bertz CT molecular complexity index is 1030. The summed E-state index contributed by atoms with van der Waals surface area (Å²) in [6.45, 7) is 4.07. The fourth-order valence-corrected chi connectivity index (χ4v) is 2.87. The lowest BCUT2D eigenvalue weighted by Crippen LogP contribution is -2.18. The van der Waals surface area contributed by atoms with Crippen LogP contribution in [-0.2, 0) is 16.1 Å². The number of esters is 1. The molecule has 8 nitrogen and oxygen atoms in total. The second kappa shape index (κ2) is 9.11.